The lowest BCUT2D eigenvalue weighted by Gasteiger charge is -2.59. The monoisotopic (exact) mass is 847 g/mol. The van der Waals surface area contributed by atoms with Crippen molar-refractivity contribution in [1.29, 1.82) is 0 Å². The molecule has 1 fully saturated rings. The minimum absolute atomic E-state index is 0.00398. The van der Waals surface area contributed by atoms with Crippen molar-refractivity contribution in [3.63, 3.8) is 0 Å². The smallest absolute Gasteiger partial charge is 0.243 e. The van der Waals surface area contributed by atoms with E-state index >= 15 is 8.42 Å². The molecule has 1 aliphatic heterocycles. The standard InChI is InChI=1S/C46H58FN3O9S/c1-5-23-50(60(54,55)36-20-17-34(18-21-36)48-31(3)53)43-29-41(49-56-4)38-27-32(13-9-11-24-51)37(15-10-12-25-52)44-39-28-35(57-30-33-14-7-8-16-40(33)47)19-22-42(39)59-46(43,45(38)44)58-26-6-2/h6-8,14,16-22,27-28,32,37,43-45,51-52H,2,5,9-13,15,23-26,29-30H2,1,3-4H3,(H,48,53)/t32-,37+,43-,44+,45+,46+/m0/s1. The van der Waals surface area contributed by atoms with Crippen LogP contribution in [0.3, 0.4) is 0 Å². The number of carbonyl (C=O) groups excluding carboxylic acids is 1. The third-order valence-electron chi connectivity index (χ3n) is 11.8. The summed E-state index contributed by atoms with van der Waals surface area (Å²) in [4.78, 5) is 17.3. The Morgan fingerprint density at radius 1 is 1.07 bits per heavy atom. The Morgan fingerprint density at radius 2 is 1.80 bits per heavy atom. The zero-order valence-corrected chi connectivity index (χ0v) is 35.5. The second-order valence-corrected chi connectivity index (χ2v) is 17.5. The topological polar surface area (TPSA) is 156 Å². The van der Waals surface area contributed by atoms with E-state index in [1.54, 1.807) is 42.5 Å². The number of nitrogens with one attached hydrogen (secondary N) is 1. The Kier molecular flexibility index (Phi) is 15.2. The van der Waals surface area contributed by atoms with Crippen LogP contribution in [0.1, 0.15) is 82.3 Å². The maximum absolute atomic E-state index is 15.0. The average Bonchev–Trinajstić information content (AvgIpc) is 3.23. The zero-order valence-electron chi connectivity index (χ0n) is 34.7. The fourth-order valence-electron chi connectivity index (χ4n) is 9.31. The minimum Gasteiger partial charge on any atom is -0.489 e. The molecule has 3 aromatic carbocycles. The summed E-state index contributed by atoms with van der Waals surface area (Å²) in [7, 11) is -2.77. The molecular weight excluding hydrogens is 790 g/mol. The fourth-order valence-corrected chi connectivity index (χ4v) is 11.0. The number of benzene rings is 3. The number of hydrogen-bond donors (Lipinski definition) is 3. The highest BCUT2D eigenvalue weighted by Gasteiger charge is 2.66. The van der Waals surface area contributed by atoms with Crippen LogP contribution in [-0.4, -0.2) is 79.9 Å². The SMILES string of the molecule is C=CCO[C@@]12Oc3ccc(OCc4ccccc4F)cc3[C@H]3[C@H](CCCCO)[C@@H](CCCCO)C=C(C(=NOC)C[C@@H]1N(CCC)S(=O)(=O)c1ccc(NC(C)=O)cc1)[C@H]32. The number of anilines is 1. The molecule has 1 amide bonds. The quantitative estimate of drug-likeness (QED) is 0.0555. The van der Waals surface area contributed by atoms with Gasteiger partial charge in [0.05, 0.1) is 29.2 Å². The molecule has 0 spiro atoms. The lowest BCUT2D eigenvalue weighted by atomic mass is 9.55. The van der Waals surface area contributed by atoms with E-state index in [9.17, 15) is 19.4 Å². The third kappa shape index (κ3) is 9.47. The summed E-state index contributed by atoms with van der Waals surface area (Å²) in [5.74, 6) is -2.19. The summed E-state index contributed by atoms with van der Waals surface area (Å²) in [6.07, 6.45) is 8.66. The number of carbonyl (C=O) groups is 1. The van der Waals surface area contributed by atoms with E-state index in [0.717, 1.165) is 36.8 Å². The van der Waals surface area contributed by atoms with Gasteiger partial charge in [-0.25, -0.2) is 12.8 Å². The molecule has 324 valence electrons. The van der Waals surface area contributed by atoms with E-state index in [-0.39, 0.29) is 73.8 Å². The van der Waals surface area contributed by atoms with Gasteiger partial charge in [0, 0.05) is 55.8 Å². The van der Waals surface area contributed by atoms with Crippen LogP contribution in [0, 0.1) is 23.6 Å². The fraction of sp³-hybridized carbons (Fsp3) is 0.478. The maximum atomic E-state index is 15.0. The van der Waals surface area contributed by atoms with Gasteiger partial charge in [-0.15, -0.1) is 6.58 Å². The Morgan fingerprint density at radius 3 is 2.47 bits per heavy atom. The summed E-state index contributed by atoms with van der Waals surface area (Å²) in [6.45, 7) is 7.54. The number of unbranched alkanes of at least 4 members (excludes halogenated alkanes) is 2. The molecule has 3 aliphatic rings. The summed E-state index contributed by atoms with van der Waals surface area (Å²) in [5.41, 5.74) is 3.13. The minimum atomic E-state index is -4.24. The number of oxime groups is 1. The summed E-state index contributed by atoms with van der Waals surface area (Å²) >= 11 is 0. The average molecular weight is 848 g/mol. The van der Waals surface area contributed by atoms with Gasteiger partial charge in [0.15, 0.2) is 0 Å². The van der Waals surface area contributed by atoms with Gasteiger partial charge in [0.25, 0.3) is 0 Å². The van der Waals surface area contributed by atoms with Crippen molar-refractivity contribution >= 4 is 27.3 Å². The number of halogens is 1. The summed E-state index contributed by atoms with van der Waals surface area (Å²) in [6, 6.07) is 17.1. The van der Waals surface area contributed by atoms with Gasteiger partial charge in [-0.2, -0.15) is 4.31 Å². The Balaban J connectivity index is 1.57. The van der Waals surface area contributed by atoms with Gasteiger partial charge in [-0.3, -0.25) is 4.79 Å². The molecule has 0 bridgehead atoms. The molecule has 0 saturated heterocycles. The Bertz CT molecular complexity index is 2130. The molecule has 1 saturated carbocycles. The number of aliphatic hydroxyl groups is 2. The summed E-state index contributed by atoms with van der Waals surface area (Å²) in [5, 5.41) is 27.0. The first-order chi connectivity index (χ1) is 29.0. The van der Waals surface area contributed by atoms with Crippen molar-refractivity contribution in [1.82, 2.24) is 4.31 Å². The Hall–Kier alpha value is -4.60. The highest BCUT2D eigenvalue weighted by Crippen LogP contribution is 2.62. The first kappa shape index (κ1) is 44.9. The normalized spacial score (nSPS) is 23.9. The van der Waals surface area contributed by atoms with Gasteiger partial charge < -0.3 is 34.6 Å². The summed E-state index contributed by atoms with van der Waals surface area (Å²) < 4.78 is 66.7. The molecule has 6 rings (SSSR count). The predicted octanol–water partition coefficient (Wildman–Crippen LogP) is 7.73. The number of fused-ring (bicyclic) bond motifs is 2. The van der Waals surface area contributed by atoms with Gasteiger partial charge in [0.1, 0.15) is 31.0 Å². The van der Waals surface area contributed by atoms with Crippen molar-refractivity contribution in [3.8, 4) is 11.5 Å². The molecule has 60 heavy (non-hydrogen) atoms. The molecule has 6 atom stereocenters. The Labute approximate surface area is 353 Å². The molecule has 3 aromatic rings. The molecule has 0 unspecified atom stereocenters. The molecule has 1 heterocycles. The van der Waals surface area contributed by atoms with Crippen LogP contribution >= 0.6 is 0 Å². The van der Waals surface area contributed by atoms with Crippen LogP contribution in [0.25, 0.3) is 0 Å². The number of hydrogen-bond acceptors (Lipinski definition) is 10. The second-order valence-electron chi connectivity index (χ2n) is 15.7. The van der Waals surface area contributed by atoms with Crippen LogP contribution < -0.4 is 14.8 Å². The highest BCUT2D eigenvalue weighted by molar-refractivity contribution is 7.89. The van der Waals surface area contributed by atoms with E-state index in [2.05, 4.69) is 23.1 Å². The number of allylic oxidation sites excluding steroid dienone is 1. The number of sulfonamides is 1. The second kappa shape index (κ2) is 20.3. The van der Waals surface area contributed by atoms with E-state index in [1.165, 1.54) is 36.5 Å². The van der Waals surface area contributed by atoms with Crippen LogP contribution in [0.5, 0.6) is 11.5 Å². The van der Waals surface area contributed by atoms with Crippen LogP contribution in [0.2, 0.25) is 0 Å². The molecular formula is C46H58FN3O9S. The molecule has 3 N–H and O–H groups in total. The predicted molar refractivity (Wildman–Crippen MR) is 228 cm³/mol. The van der Waals surface area contributed by atoms with E-state index in [4.69, 9.17) is 19.0 Å². The molecule has 14 heteroatoms. The van der Waals surface area contributed by atoms with E-state index in [0.29, 0.717) is 47.7 Å². The first-order valence-electron chi connectivity index (χ1n) is 20.9. The molecule has 0 radical (unpaired) electrons. The third-order valence-corrected chi connectivity index (χ3v) is 13.7. The maximum Gasteiger partial charge on any atom is 0.243 e. The van der Waals surface area contributed by atoms with Gasteiger partial charge in [-0.05, 0) is 98.0 Å². The zero-order chi connectivity index (χ0) is 42.9. The van der Waals surface area contributed by atoms with E-state index < -0.39 is 27.8 Å². The van der Waals surface area contributed by atoms with E-state index in [1.807, 2.05) is 19.1 Å². The van der Waals surface area contributed by atoms with Gasteiger partial charge in [0.2, 0.25) is 21.7 Å². The molecule has 12 nitrogen and oxygen atoms in total. The number of ether oxygens (including phenoxy) is 3. The van der Waals surface area contributed by atoms with Crippen LogP contribution in [0.4, 0.5) is 10.1 Å². The van der Waals surface area contributed by atoms with Crippen LogP contribution in [0.15, 0.2) is 101 Å². The van der Waals surface area contributed by atoms with Crippen molar-refractivity contribution in [3.05, 3.63) is 108 Å². The highest BCUT2D eigenvalue weighted by atomic mass is 32.2. The number of amides is 1. The van der Waals surface area contributed by atoms with Crippen molar-refractivity contribution < 1.29 is 46.9 Å². The van der Waals surface area contributed by atoms with Gasteiger partial charge in [-0.1, -0.05) is 55.3 Å². The van der Waals surface area contributed by atoms with Crippen molar-refractivity contribution in [2.75, 3.05) is 38.8 Å². The van der Waals surface area contributed by atoms with Crippen molar-refractivity contribution in [2.24, 2.45) is 22.9 Å². The number of rotatable bonds is 21. The van der Waals surface area contributed by atoms with Crippen LogP contribution in [-0.2, 0) is 31.0 Å². The molecule has 2 aliphatic carbocycles. The number of aliphatic hydroxyl groups excluding tert-OH is 2. The number of nitrogens with zero attached hydrogens (tertiary/aromatic N) is 2. The lowest BCUT2D eigenvalue weighted by molar-refractivity contribution is -0.251. The largest absolute Gasteiger partial charge is 0.489 e. The first-order valence-corrected chi connectivity index (χ1v) is 22.3. The molecule has 0 aromatic heterocycles. The van der Waals surface area contributed by atoms with Gasteiger partial charge >= 0.3 is 0 Å². The van der Waals surface area contributed by atoms with Crippen molar-refractivity contribution in [2.45, 2.75) is 94.5 Å². The lowest BCUT2D eigenvalue weighted by Crippen LogP contribution is -2.70.